The first-order valence-corrected chi connectivity index (χ1v) is 4.93. The Morgan fingerprint density at radius 3 is 2.76 bits per heavy atom. The number of carboxylic acid groups (broad SMARTS) is 1. The summed E-state index contributed by atoms with van der Waals surface area (Å²) < 4.78 is 0. The number of carbonyl (C=O) groups is 3. The predicted octanol–water partition coefficient (Wildman–Crippen LogP) is 0.229. The zero-order valence-corrected chi connectivity index (χ0v) is 9.06. The molecule has 0 atom stereocenters. The molecule has 2 rings (SSSR count). The lowest BCUT2D eigenvalue weighted by Gasteiger charge is -2.15. The molecule has 0 fully saturated rings. The van der Waals surface area contributed by atoms with Gasteiger partial charge in [0.2, 0.25) is 5.91 Å². The molecule has 2 N–H and O–H groups in total. The van der Waals surface area contributed by atoms with E-state index in [0.717, 1.165) is 10.5 Å². The number of benzene rings is 1. The average Bonchev–Trinajstić information content (AvgIpc) is 2.65. The van der Waals surface area contributed by atoms with Crippen molar-refractivity contribution in [1.29, 1.82) is 0 Å². The van der Waals surface area contributed by atoms with Crippen LogP contribution in [0.1, 0.15) is 5.56 Å². The lowest BCUT2D eigenvalue weighted by atomic mass is 10.1. The van der Waals surface area contributed by atoms with Crippen LogP contribution in [0.15, 0.2) is 18.2 Å². The fraction of sp³-hybridized carbons (Fsp3) is 0.182. The average molecular weight is 234 g/mol. The predicted molar refractivity (Wildman–Crippen MR) is 59.8 cm³/mol. The normalized spacial score (nSPS) is 12.9. The highest BCUT2D eigenvalue weighted by Crippen LogP contribution is 2.27. The molecule has 0 spiro atoms. The molecule has 0 aliphatic carbocycles. The topological polar surface area (TPSA) is 86.7 Å². The van der Waals surface area contributed by atoms with E-state index < -0.39 is 11.9 Å². The number of rotatable bonds is 1. The van der Waals surface area contributed by atoms with Crippen molar-refractivity contribution >= 4 is 29.2 Å². The monoisotopic (exact) mass is 234 g/mol. The molecule has 1 aromatic carbocycles. The van der Waals surface area contributed by atoms with Crippen LogP contribution in [-0.4, -0.2) is 29.9 Å². The van der Waals surface area contributed by atoms with Crippen molar-refractivity contribution in [2.75, 3.05) is 17.3 Å². The van der Waals surface area contributed by atoms with Crippen LogP contribution in [-0.2, 0) is 20.8 Å². The van der Waals surface area contributed by atoms with Gasteiger partial charge < -0.3 is 15.3 Å². The van der Waals surface area contributed by atoms with Gasteiger partial charge in [0.15, 0.2) is 0 Å². The maximum atomic E-state index is 11.3. The second-order valence-corrected chi connectivity index (χ2v) is 3.74. The summed E-state index contributed by atoms with van der Waals surface area (Å²) in [7, 11) is 1.38. The molecule has 0 saturated carbocycles. The minimum atomic E-state index is -1.51. The van der Waals surface area contributed by atoms with Crippen molar-refractivity contribution in [3.63, 3.8) is 0 Å². The van der Waals surface area contributed by atoms with Crippen LogP contribution in [0.4, 0.5) is 11.4 Å². The summed E-state index contributed by atoms with van der Waals surface area (Å²) in [6.45, 7) is 0. The number of fused-ring (bicyclic) bond motifs is 1. The van der Waals surface area contributed by atoms with Crippen molar-refractivity contribution in [1.82, 2.24) is 0 Å². The molecule has 0 unspecified atom stereocenters. The van der Waals surface area contributed by atoms with E-state index in [1.807, 2.05) is 0 Å². The molecule has 0 saturated heterocycles. The zero-order chi connectivity index (χ0) is 12.6. The van der Waals surface area contributed by atoms with E-state index in [1.54, 1.807) is 18.2 Å². The van der Waals surface area contributed by atoms with E-state index in [0.29, 0.717) is 11.4 Å². The van der Waals surface area contributed by atoms with Crippen LogP contribution in [0.25, 0.3) is 0 Å². The van der Waals surface area contributed by atoms with E-state index in [-0.39, 0.29) is 12.3 Å². The van der Waals surface area contributed by atoms with Gasteiger partial charge in [0.05, 0.1) is 6.42 Å². The zero-order valence-electron chi connectivity index (χ0n) is 9.06. The Kier molecular flexibility index (Phi) is 2.55. The van der Waals surface area contributed by atoms with Gasteiger partial charge in [0.25, 0.3) is 0 Å². The van der Waals surface area contributed by atoms with E-state index in [1.165, 1.54) is 7.05 Å². The van der Waals surface area contributed by atoms with Crippen LogP contribution in [0.2, 0.25) is 0 Å². The van der Waals surface area contributed by atoms with Crippen LogP contribution in [0, 0.1) is 0 Å². The summed E-state index contributed by atoms with van der Waals surface area (Å²) >= 11 is 0. The maximum Gasteiger partial charge on any atom is 0.394 e. The lowest BCUT2D eigenvalue weighted by molar-refractivity contribution is -0.148. The molecule has 1 heterocycles. The maximum absolute atomic E-state index is 11.3. The van der Waals surface area contributed by atoms with Crippen LogP contribution < -0.4 is 10.2 Å². The molecular weight excluding hydrogens is 224 g/mol. The van der Waals surface area contributed by atoms with E-state index in [4.69, 9.17) is 5.11 Å². The quantitative estimate of drug-likeness (QED) is 0.681. The molecule has 1 aromatic rings. The smallest absolute Gasteiger partial charge is 0.394 e. The number of carbonyl (C=O) groups excluding carboxylic acids is 2. The van der Waals surface area contributed by atoms with Gasteiger partial charge in [-0.2, -0.15) is 0 Å². The van der Waals surface area contributed by atoms with E-state index in [2.05, 4.69) is 5.32 Å². The van der Waals surface area contributed by atoms with Gasteiger partial charge in [-0.25, -0.2) is 4.79 Å². The van der Waals surface area contributed by atoms with Crippen LogP contribution in [0.3, 0.4) is 0 Å². The molecule has 1 aliphatic heterocycles. The van der Waals surface area contributed by atoms with Gasteiger partial charge >= 0.3 is 11.9 Å². The number of carboxylic acids is 1. The van der Waals surface area contributed by atoms with Crippen molar-refractivity contribution in [2.45, 2.75) is 6.42 Å². The number of amides is 2. The molecule has 0 aromatic heterocycles. The molecule has 0 radical (unpaired) electrons. The Hall–Kier alpha value is -2.37. The molecule has 88 valence electrons. The number of nitrogens with one attached hydrogen (secondary N) is 1. The minimum absolute atomic E-state index is 0.107. The Morgan fingerprint density at radius 1 is 1.41 bits per heavy atom. The Balaban J connectivity index is 2.30. The van der Waals surface area contributed by atoms with Crippen molar-refractivity contribution in [3.8, 4) is 0 Å². The van der Waals surface area contributed by atoms with Gasteiger partial charge in [-0.15, -0.1) is 0 Å². The van der Waals surface area contributed by atoms with Crippen LogP contribution >= 0.6 is 0 Å². The van der Waals surface area contributed by atoms with Gasteiger partial charge in [-0.1, -0.05) is 0 Å². The van der Waals surface area contributed by atoms with E-state index >= 15 is 0 Å². The Labute approximate surface area is 96.8 Å². The molecular formula is C11H10N2O4. The SMILES string of the molecule is CN(C(=O)C(=O)O)c1ccc2c(c1)CC(=O)N2. The number of aliphatic carboxylic acids is 1. The number of hydrogen-bond donors (Lipinski definition) is 2. The summed E-state index contributed by atoms with van der Waals surface area (Å²) in [6.07, 6.45) is 0.248. The van der Waals surface area contributed by atoms with Gasteiger partial charge in [-0.3, -0.25) is 9.59 Å². The van der Waals surface area contributed by atoms with Crippen molar-refractivity contribution in [2.24, 2.45) is 0 Å². The number of likely N-dealkylation sites (N-methyl/N-ethyl adjacent to an activating group) is 1. The van der Waals surface area contributed by atoms with Crippen molar-refractivity contribution in [3.05, 3.63) is 23.8 Å². The number of hydrogen-bond acceptors (Lipinski definition) is 3. The Bertz CT molecular complexity index is 524. The fourth-order valence-electron chi connectivity index (χ4n) is 1.69. The summed E-state index contributed by atoms with van der Waals surface area (Å²) in [5.74, 6) is -2.63. The van der Waals surface area contributed by atoms with Gasteiger partial charge in [0.1, 0.15) is 0 Å². The third-order valence-corrected chi connectivity index (χ3v) is 2.59. The summed E-state index contributed by atoms with van der Waals surface area (Å²) in [5.41, 5.74) is 1.92. The first-order chi connectivity index (χ1) is 7.99. The fourth-order valence-corrected chi connectivity index (χ4v) is 1.69. The highest BCUT2D eigenvalue weighted by molar-refractivity contribution is 6.37. The number of nitrogens with zero attached hydrogens (tertiary/aromatic N) is 1. The second-order valence-electron chi connectivity index (χ2n) is 3.74. The lowest BCUT2D eigenvalue weighted by Crippen LogP contribution is -2.32. The largest absolute Gasteiger partial charge is 0.474 e. The van der Waals surface area contributed by atoms with Crippen LogP contribution in [0.5, 0.6) is 0 Å². The molecule has 1 aliphatic rings. The molecule has 2 amide bonds. The molecule has 6 nitrogen and oxygen atoms in total. The highest BCUT2D eigenvalue weighted by atomic mass is 16.4. The molecule has 6 heteroatoms. The summed E-state index contributed by atoms with van der Waals surface area (Å²) in [6, 6.07) is 4.88. The van der Waals surface area contributed by atoms with Gasteiger partial charge in [-0.05, 0) is 23.8 Å². The highest BCUT2D eigenvalue weighted by Gasteiger charge is 2.22. The second kappa shape index (κ2) is 3.89. The van der Waals surface area contributed by atoms with Crippen molar-refractivity contribution < 1.29 is 19.5 Å². The molecule has 17 heavy (non-hydrogen) atoms. The third kappa shape index (κ3) is 1.96. The number of anilines is 2. The first kappa shape index (κ1) is 11.1. The summed E-state index contributed by atoms with van der Waals surface area (Å²) in [5, 5.41) is 11.2. The first-order valence-electron chi connectivity index (χ1n) is 4.93. The summed E-state index contributed by atoms with van der Waals surface area (Å²) in [4.78, 5) is 34.0. The van der Waals surface area contributed by atoms with Gasteiger partial charge in [0, 0.05) is 18.4 Å². The third-order valence-electron chi connectivity index (χ3n) is 2.59. The molecule has 0 bridgehead atoms. The standard InChI is InChI=1S/C11H10N2O4/c1-13(10(15)11(16)17)7-2-3-8-6(4-7)5-9(14)12-8/h2-4H,5H2,1H3,(H,12,14)(H,16,17). The van der Waals surface area contributed by atoms with E-state index in [9.17, 15) is 14.4 Å². The minimum Gasteiger partial charge on any atom is -0.474 e. The Morgan fingerprint density at radius 2 is 2.12 bits per heavy atom.